The standard InChI is InChI=1S/C19H22O5S.C3H8/c1-19(2,14-4-8-16(20)9-5-14)15-6-10-18(11-7-15)24-12-17(21)13-25(3,22)23;1-3-2/h4-11,13,20-21H,12H2,1-3H3;3H2,1-2H3/b17-13-;. The smallest absolute Gasteiger partial charge is 0.172 e. The Labute approximate surface area is 168 Å². The zero-order chi connectivity index (χ0) is 21.4. The number of phenols is 1. The van der Waals surface area contributed by atoms with Gasteiger partial charge in [0.25, 0.3) is 0 Å². The third-order valence-electron chi connectivity index (χ3n) is 3.90. The van der Waals surface area contributed by atoms with Crippen molar-refractivity contribution >= 4 is 9.84 Å². The number of hydrogen-bond donors (Lipinski definition) is 2. The molecule has 0 heterocycles. The third kappa shape index (κ3) is 7.64. The average Bonchev–Trinajstić information content (AvgIpc) is 2.60. The number of phenolic OH excluding ortho intramolecular Hbond substituents is 1. The van der Waals surface area contributed by atoms with E-state index in [0.717, 1.165) is 22.8 Å². The molecule has 5 nitrogen and oxygen atoms in total. The maximum absolute atomic E-state index is 11.1. The predicted octanol–water partition coefficient (Wildman–Crippen LogP) is 4.96. The molecule has 0 saturated carbocycles. The van der Waals surface area contributed by atoms with Crippen LogP contribution in [0.1, 0.15) is 45.2 Å². The Balaban J connectivity index is 0.00000122. The van der Waals surface area contributed by atoms with Crippen molar-refractivity contribution in [2.75, 3.05) is 12.9 Å². The van der Waals surface area contributed by atoms with Crippen LogP contribution in [0, 0.1) is 0 Å². The lowest BCUT2D eigenvalue weighted by Gasteiger charge is -2.26. The van der Waals surface area contributed by atoms with Crippen LogP contribution in [-0.2, 0) is 15.3 Å². The molecule has 2 aromatic rings. The normalized spacial score (nSPS) is 12.1. The van der Waals surface area contributed by atoms with Gasteiger partial charge >= 0.3 is 0 Å². The van der Waals surface area contributed by atoms with E-state index in [2.05, 4.69) is 27.7 Å². The average molecular weight is 407 g/mol. The van der Waals surface area contributed by atoms with Gasteiger partial charge in [0, 0.05) is 11.7 Å². The molecule has 0 amide bonds. The number of sulfone groups is 1. The van der Waals surface area contributed by atoms with Crippen LogP contribution >= 0.6 is 0 Å². The Morgan fingerprint density at radius 3 is 1.86 bits per heavy atom. The molecular formula is C22H30O5S. The van der Waals surface area contributed by atoms with Crippen molar-refractivity contribution in [1.82, 2.24) is 0 Å². The van der Waals surface area contributed by atoms with Gasteiger partial charge in [-0.25, -0.2) is 8.42 Å². The van der Waals surface area contributed by atoms with Crippen molar-refractivity contribution in [2.24, 2.45) is 0 Å². The van der Waals surface area contributed by atoms with Crippen LogP contribution in [0.4, 0.5) is 0 Å². The van der Waals surface area contributed by atoms with Crippen LogP contribution in [0.15, 0.2) is 59.7 Å². The first-order chi connectivity index (χ1) is 13.0. The second-order valence-corrected chi connectivity index (χ2v) is 9.03. The van der Waals surface area contributed by atoms with Gasteiger partial charge in [-0.1, -0.05) is 58.4 Å². The van der Waals surface area contributed by atoms with Crippen LogP contribution in [-0.4, -0.2) is 31.5 Å². The molecule has 0 aliphatic heterocycles. The number of aromatic hydroxyl groups is 1. The lowest BCUT2D eigenvalue weighted by atomic mass is 9.78. The monoisotopic (exact) mass is 406 g/mol. The number of hydrogen-bond acceptors (Lipinski definition) is 5. The lowest BCUT2D eigenvalue weighted by Crippen LogP contribution is -2.18. The second-order valence-electron chi connectivity index (χ2n) is 7.13. The fraction of sp³-hybridized carbons (Fsp3) is 0.364. The van der Waals surface area contributed by atoms with Crippen LogP contribution in [0.5, 0.6) is 11.5 Å². The molecule has 0 atom stereocenters. The van der Waals surface area contributed by atoms with E-state index in [-0.39, 0.29) is 23.5 Å². The van der Waals surface area contributed by atoms with Crippen molar-refractivity contribution in [2.45, 2.75) is 39.5 Å². The van der Waals surface area contributed by atoms with Gasteiger partial charge in [-0.05, 0) is 35.4 Å². The summed E-state index contributed by atoms with van der Waals surface area (Å²) in [5.41, 5.74) is 1.86. The number of ether oxygens (including phenoxy) is 1. The van der Waals surface area contributed by atoms with Crippen molar-refractivity contribution in [3.8, 4) is 11.5 Å². The van der Waals surface area contributed by atoms with E-state index in [0.29, 0.717) is 5.75 Å². The van der Waals surface area contributed by atoms with Gasteiger partial charge in [-0.3, -0.25) is 0 Å². The van der Waals surface area contributed by atoms with Gasteiger partial charge in [0.05, 0.1) is 5.41 Å². The maximum atomic E-state index is 11.1. The largest absolute Gasteiger partial charge is 0.508 e. The molecule has 0 saturated heterocycles. The second kappa shape index (κ2) is 10.2. The molecule has 0 unspecified atom stereocenters. The summed E-state index contributed by atoms with van der Waals surface area (Å²) in [5.74, 6) is 0.403. The minimum absolute atomic E-state index is 0.215. The zero-order valence-corrected chi connectivity index (χ0v) is 18.0. The summed E-state index contributed by atoms with van der Waals surface area (Å²) >= 11 is 0. The topological polar surface area (TPSA) is 83.8 Å². The first-order valence-electron chi connectivity index (χ1n) is 9.12. The molecule has 2 aromatic carbocycles. The minimum Gasteiger partial charge on any atom is -0.508 e. The van der Waals surface area contributed by atoms with Gasteiger partial charge < -0.3 is 14.9 Å². The molecular weight excluding hydrogens is 376 g/mol. The Bertz CT molecular complexity index is 864. The van der Waals surface area contributed by atoms with E-state index >= 15 is 0 Å². The number of benzene rings is 2. The summed E-state index contributed by atoms with van der Waals surface area (Å²) in [6, 6.07) is 14.5. The molecule has 2 rings (SSSR count). The summed E-state index contributed by atoms with van der Waals surface area (Å²) in [7, 11) is -3.40. The van der Waals surface area contributed by atoms with Crippen LogP contribution < -0.4 is 4.74 Å². The van der Waals surface area contributed by atoms with Crippen molar-refractivity contribution in [1.29, 1.82) is 0 Å². The van der Waals surface area contributed by atoms with E-state index in [9.17, 15) is 18.6 Å². The highest BCUT2D eigenvalue weighted by Gasteiger charge is 2.23. The number of aliphatic hydroxyl groups is 1. The van der Waals surface area contributed by atoms with Gasteiger partial charge in [0.1, 0.15) is 23.9 Å². The fourth-order valence-electron chi connectivity index (χ4n) is 2.45. The quantitative estimate of drug-likeness (QED) is 0.663. The van der Waals surface area contributed by atoms with Gasteiger partial charge in [0.2, 0.25) is 0 Å². The molecule has 0 aliphatic carbocycles. The Morgan fingerprint density at radius 1 is 1.00 bits per heavy atom. The number of aliphatic hydroxyl groups excluding tert-OH is 1. The molecule has 0 fully saturated rings. The number of rotatable bonds is 6. The Hall–Kier alpha value is -2.47. The molecule has 2 N–H and O–H groups in total. The summed E-state index contributed by atoms with van der Waals surface area (Å²) in [6.07, 6.45) is 2.25. The molecule has 0 bridgehead atoms. The fourth-order valence-corrected chi connectivity index (χ4v) is 3.01. The van der Waals surface area contributed by atoms with Crippen LogP contribution in [0.3, 0.4) is 0 Å². The van der Waals surface area contributed by atoms with Crippen molar-refractivity contribution < 1.29 is 23.4 Å². The van der Waals surface area contributed by atoms with Crippen molar-refractivity contribution in [3.05, 3.63) is 70.8 Å². The molecule has 0 aliphatic rings. The van der Waals surface area contributed by atoms with E-state index in [1.54, 1.807) is 24.3 Å². The molecule has 154 valence electrons. The summed E-state index contributed by atoms with van der Waals surface area (Å²) < 4.78 is 27.5. The first kappa shape index (κ1) is 23.6. The van der Waals surface area contributed by atoms with Crippen molar-refractivity contribution in [3.63, 3.8) is 0 Å². The van der Waals surface area contributed by atoms with E-state index < -0.39 is 9.84 Å². The molecule has 6 heteroatoms. The Morgan fingerprint density at radius 2 is 1.43 bits per heavy atom. The molecule has 28 heavy (non-hydrogen) atoms. The summed E-state index contributed by atoms with van der Waals surface area (Å²) in [6.45, 7) is 8.19. The lowest BCUT2D eigenvalue weighted by molar-refractivity contribution is 0.271. The Kier molecular flexibility index (Phi) is 8.57. The van der Waals surface area contributed by atoms with E-state index in [4.69, 9.17) is 4.74 Å². The highest BCUT2D eigenvalue weighted by atomic mass is 32.2. The van der Waals surface area contributed by atoms with Gasteiger partial charge in [0.15, 0.2) is 9.84 Å². The van der Waals surface area contributed by atoms with Gasteiger partial charge in [-0.15, -0.1) is 0 Å². The highest BCUT2D eigenvalue weighted by Crippen LogP contribution is 2.33. The predicted molar refractivity (Wildman–Crippen MR) is 114 cm³/mol. The van der Waals surface area contributed by atoms with Crippen LogP contribution in [0.25, 0.3) is 0 Å². The van der Waals surface area contributed by atoms with Crippen LogP contribution in [0.2, 0.25) is 0 Å². The van der Waals surface area contributed by atoms with E-state index in [1.165, 1.54) is 6.42 Å². The first-order valence-corrected chi connectivity index (χ1v) is 11.1. The highest BCUT2D eigenvalue weighted by molar-refractivity contribution is 7.93. The molecule has 0 radical (unpaired) electrons. The molecule has 0 aromatic heterocycles. The van der Waals surface area contributed by atoms with Gasteiger partial charge in [-0.2, -0.15) is 0 Å². The van der Waals surface area contributed by atoms with E-state index in [1.807, 2.05) is 24.3 Å². The zero-order valence-electron chi connectivity index (χ0n) is 17.1. The maximum Gasteiger partial charge on any atom is 0.172 e. The summed E-state index contributed by atoms with van der Waals surface area (Å²) in [5, 5.41) is 19.7. The molecule has 0 spiro atoms. The third-order valence-corrected chi connectivity index (χ3v) is 4.60. The SMILES string of the molecule is CC(C)(c1ccc(O)cc1)c1ccc(OC/C(O)=C/S(C)(=O)=O)cc1.CCC. The minimum atomic E-state index is -3.40. The summed E-state index contributed by atoms with van der Waals surface area (Å²) in [4.78, 5) is 0.